The molecule has 0 heterocycles. The van der Waals surface area contributed by atoms with Crippen LogP contribution in [-0.4, -0.2) is 18.0 Å². The lowest BCUT2D eigenvalue weighted by molar-refractivity contribution is -0.114. The highest BCUT2D eigenvalue weighted by Crippen LogP contribution is 2.26. The quantitative estimate of drug-likeness (QED) is 0.793. The highest BCUT2D eigenvalue weighted by Gasteiger charge is 2.21. The summed E-state index contributed by atoms with van der Waals surface area (Å²) in [6.07, 6.45) is 0. The minimum Gasteiger partial charge on any atom is -0.335 e. The molecule has 116 valence electrons. The van der Waals surface area contributed by atoms with E-state index < -0.39 is 0 Å². The summed E-state index contributed by atoms with van der Waals surface area (Å²) in [7, 11) is 0. The van der Waals surface area contributed by atoms with Crippen molar-refractivity contribution in [1.82, 2.24) is 5.32 Å². The van der Waals surface area contributed by atoms with Gasteiger partial charge in [-0.05, 0) is 30.5 Å². The molecule has 0 radical (unpaired) electrons. The van der Waals surface area contributed by atoms with Crippen LogP contribution < -0.4 is 16.0 Å². The molecule has 21 heavy (non-hydrogen) atoms. The third-order valence-corrected chi connectivity index (χ3v) is 3.50. The molecule has 0 unspecified atom stereocenters. The van der Waals surface area contributed by atoms with E-state index in [-0.39, 0.29) is 23.4 Å². The third kappa shape index (κ3) is 5.63. The molecule has 0 fully saturated rings. The van der Waals surface area contributed by atoms with Gasteiger partial charge < -0.3 is 16.0 Å². The van der Waals surface area contributed by atoms with Crippen molar-refractivity contribution in [3.8, 4) is 0 Å². The maximum atomic E-state index is 11.9. The van der Waals surface area contributed by atoms with E-state index >= 15 is 0 Å². The van der Waals surface area contributed by atoms with Gasteiger partial charge in [0.05, 0.1) is 10.7 Å². The molecule has 0 aliphatic rings. The number of carbonyl (C=O) groups excluding carboxylic acids is 2. The number of amides is 3. The Hall–Kier alpha value is -1.75. The lowest BCUT2D eigenvalue weighted by Crippen LogP contribution is -2.43. The van der Waals surface area contributed by atoms with Gasteiger partial charge in [-0.3, -0.25) is 4.79 Å². The summed E-state index contributed by atoms with van der Waals surface area (Å²) in [6, 6.07) is 4.61. The van der Waals surface area contributed by atoms with Crippen molar-refractivity contribution in [2.75, 3.05) is 10.6 Å². The third-order valence-electron chi connectivity index (χ3n) is 3.18. The van der Waals surface area contributed by atoms with E-state index in [1.54, 1.807) is 18.2 Å². The molecular formula is C15H22ClN3O2. The first kappa shape index (κ1) is 17.3. The van der Waals surface area contributed by atoms with Crippen LogP contribution in [0.4, 0.5) is 16.2 Å². The van der Waals surface area contributed by atoms with E-state index in [4.69, 9.17) is 11.6 Å². The zero-order chi connectivity index (χ0) is 16.2. The van der Waals surface area contributed by atoms with Gasteiger partial charge in [0, 0.05) is 18.7 Å². The van der Waals surface area contributed by atoms with Gasteiger partial charge in [0.1, 0.15) is 0 Å². The molecule has 1 aromatic carbocycles. The Morgan fingerprint density at radius 1 is 1.19 bits per heavy atom. The lowest BCUT2D eigenvalue weighted by atomic mass is 9.88. The van der Waals surface area contributed by atoms with Gasteiger partial charge in [-0.15, -0.1) is 0 Å². The number of nitrogens with one attached hydrogen (secondary N) is 3. The number of rotatable bonds is 3. The highest BCUT2D eigenvalue weighted by molar-refractivity contribution is 6.34. The van der Waals surface area contributed by atoms with Gasteiger partial charge >= 0.3 is 6.03 Å². The van der Waals surface area contributed by atoms with Gasteiger partial charge in [0.2, 0.25) is 5.91 Å². The van der Waals surface area contributed by atoms with E-state index in [1.165, 1.54) is 6.92 Å². The molecule has 3 amide bonds. The van der Waals surface area contributed by atoms with Crippen LogP contribution in [0.5, 0.6) is 0 Å². The summed E-state index contributed by atoms with van der Waals surface area (Å²) in [4.78, 5) is 22.9. The van der Waals surface area contributed by atoms with E-state index in [9.17, 15) is 9.59 Å². The van der Waals surface area contributed by atoms with E-state index in [0.717, 1.165) is 0 Å². The van der Waals surface area contributed by atoms with Crippen LogP contribution in [0.15, 0.2) is 18.2 Å². The normalized spacial score (nSPS) is 12.5. The summed E-state index contributed by atoms with van der Waals surface area (Å²) in [5.41, 5.74) is 1.04. The second-order valence-corrected chi connectivity index (χ2v) is 6.47. The second kappa shape index (κ2) is 6.80. The van der Waals surface area contributed by atoms with E-state index in [2.05, 4.69) is 16.0 Å². The average molecular weight is 312 g/mol. The van der Waals surface area contributed by atoms with Gasteiger partial charge in [-0.25, -0.2) is 4.79 Å². The lowest BCUT2D eigenvalue weighted by Gasteiger charge is -2.28. The van der Waals surface area contributed by atoms with Crippen molar-refractivity contribution in [1.29, 1.82) is 0 Å². The molecule has 0 aromatic heterocycles. The second-order valence-electron chi connectivity index (χ2n) is 6.06. The summed E-state index contributed by atoms with van der Waals surface area (Å²) in [5.74, 6) is -0.177. The fourth-order valence-electron chi connectivity index (χ4n) is 1.47. The largest absolute Gasteiger partial charge is 0.335 e. The predicted molar refractivity (Wildman–Crippen MR) is 86.8 cm³/mol. The number of carbonyl (C=O) groups is 2. The fourth-order valence-corrected chi connectivity index (χ4v) is 1.70. The Morgan fingerprint density at radius 3 is 2.29 bits per heavy atom. The Kier molecular flexibility index (Phi) is 5.61. The zero-order valence-corrected chi connectivity index (χ0v) is 13.8. The zero-order valence-electron chi connectivity index (χ0n) is 13.0. The standard InChI is InChI=1S/C15H22ClN3O2/c1-9(15(3,4)5)17-14(21)19-13-7-6-11(8-12(13)16)18-10(2)20/h6-9H,1-5H3,(H,18,20)(H2,17,19,21)/t9-/m1/s1. The van der Waals surface area contributed by atoms with Gasteiger partial charge in [0.25, 0.3) is 0 Å². The molecule has 5 nitrogen and oxygen atoms in total. The van der Waals surface area contributed by atoms with Crippen LogP contribution in [0.2, 0.25) is 5.02 Å². The number of hydrogen-bond donors (Lipinski definition) is 3. The first-order chi connectivity index (χ1) is 9.59. The molecular weight excluding hydrogens is 290 g/mol. The highest BCUT2D eigenvalue weighted by atomic mass is 35.5. The van der Waals surface area contributed by atoms with Crippen molar-refractivity contribution in [3.63, 3.8) is 0 Å². The minimum atomic E-state index is -0.313. The van der Waals surface area contributed by atoms with Gasteiger partial charge in [0.15, 0.2) is 0 Å². The summed E-state index contributed by atoms with van der Waals surface area (Å²) >= 11 is 6.09. The number of hydrogen-bond acceptors (Lipinski definition) is 2. The van der Waals surface area contributed by atoms with Crippen molar-refractivity contribution in [2.24, 2.45) is 5.41 Å². The van der Waals surface area contributed by atoms with Crippen molar-refractivity contribution in [2.45, 2.75) is 40.7 Å². The molecule has 0 aliphatic heterocycles. The Labute approximate surface area is 130 Å². The Bertz CT molecular complexity index is 538. The fraction of sp³-hybridized carbons (Fsp3) is 0.467. The molecule has 0 aliphatic carbocycles. The summed E-state index contributed by atoms with van der Waals surface area (Å²) in [5, 5.41) is 8.55. The SMILES string of the molecule is CC(=O)Nc1ccc(NC(=O)N[C@H](C)C(C)(C)C)c(Cl)c1. The topological polar surface area (TPSA) is 70.2 Å². The Morgan fingerprint density at radius 2 is 1.81 bits per heavy atom. The first-order valence-electron chi connectivity index (χ1n) is 6.74. The maximum Gasteiger partial charge on any atom is 0.319 e. The van der Waals surface area contributed by atoms with Gasteiger partial charge in [-0.2, -0.15) is 0 Å². The first-order valence-corrected chi connectivity index (χ1v) is 7.12. The summed E-state index contributed by atoms with van der Waals surface area (Å²) < 4.78 is 0. The van der Waals surface area contributed by atoms with Crippen LogP contribution >= 0.6 is 11.6 Å². The molecule has 1 aromatic rings. The molecule has 0 saturated carbocycles. The number of anilines is 2. The summed E-state index contributed by atoms with van der Waals surface area (Å²) in [6.45, 7) is 9.51. The van der Waals surface area contributed by atoms with Crippen LogP contribution in [0.3, 0.4) is 0 Å². The molecule has 6 heteroatoms. The predicted octanol–water partition coefficient (Wildman–Crippen LogP) is 3.85. The van der Waals surface area contributed by atoms with Crippen LogP contribution in [0, 0.1) is 5.41 Å². The van der Waals surface area contributed by atoms with Gasteiger partial charge in [-0.1, -0.05) is 32.4 Å². The van der Waals surface area contributed by atoms with E-state index in [1.807, 2.05) is 27.7 Å². The number of urea groups is 1. The number of benzene rings is 1. The Balaban J connectivity index is 2.71. The average Bonchev–Trinajstić information content (AvgIpc) is 2.30. The molecule has 1 atom stereocenters. The molecule has 1 rings (SSSR count). The van der Waals surface area contributed by atoms with Crippen molar-refractivity contribution in [3.05, 3.63) is 23.2 Å². The molecule has 0 spiro atoms. The molecule has 3 N–H and O–H groups in total. The molecule has 0 bridgehead atoms. The monoisotopic (exact) mass is 311 g/mol. The van der Waals surface area contributed by atoms with Crippen molar-refractivity contribution >= 4 is 34.9 Å². The van der Waals surface area contributed by atoms with Crippen LogP contribution in [0.25, 0.3) is 0 Å². The maximum absolute atomic E-state index is 11.9. The molecule has 0 saturated heterocycles. The van der Waals surface area contributed by atoms with Crippen molar-refractivity contribution < 1.29 is 9.59 Å². The smallest absolute Gasteiger partial charge is 0.319 e. The van der Waals surface area contributed by atoms with E-state index in [0.29, 0.717) is 16.4 Å². The van der Waals surface area contributed by atoms with Crippen LogP contribution in [-0.2, 0) is 4.79 Å². The minimum absolute atomic E-state index is 0.00919. The van der Waals surface area contributed by atoms with Crippen LogP contribution in [0.1, 0.15) is 34.6 Å². The number of halogens is 1.